The normalized spacial score (nSPS) is 24.6. The molecule has 2 aliphatic carbocycles. The third kappa shape index (κ3) is 7.86. The Kier molecular flexibility index (Phi) is 10.1. The van der Waals surface area contributed by atoms with E-state index >= 15 is 0 Å². The van der Waals surface area contributed by atoms with Gasteiger partial charge in [0.1, 0.15) is 5.65 Å². The summed E-state index contributed by atoms with van der Waals surface area (Å²) < 4.78 is 0. The average Bonchev–Trinajstić information content (AvgIpc) is 3.44. The molecule has 0 aromatic carbocycles. The highest BCUT2D eigenvalue weighted by atomic mass is 16.2. The summed E-state index contributed by atoms with van der Waals surface area (Å²) in [7, 11) is 0. The smallest absolute Gasteiger partial charge is 0.227 e. The number of nitrogens with one attached hydrogen (secondary N) is 3. The molecule has 2 fully saturated rings. The number of anilines is 2. The van der Waals surface area contributed by atoms with Gasteiger partial charge in [-0.05, 0) is 101 Å². The fourth-order valence-corrected chi connectivity index (χ4v) is 5.80. The molecule has 0 spiro atoms. The third-order valence-corrected chi connectivity index (χ3v) is 8.44. The number of carbonyl (C=O) groups excluding carboxylic acids is 2. The standard InChI is InChI=1S/C16H22N4O.C14H21N3O/c1-10(17)11-2-4-12(5-3-11)16(21)20-14-7-9-19-15-13(14)6-8-18-15;1-10(15)11-2-4-12(5-3-11)14(18)17-13-6-8-16-9-7-13/h6-12H,2-5,17H2,1H3,(H2,18,19,20,21);6-12H,2-5,15H2,1H3,(H,16,17,18)/t2*10?,11-,12-. The molecule has 0 bridgehead atoms. The third-order valence-electron chi connectivity index (χ3n) is 8.44. The molecule has 9 heteroatoms. The Morgan fingerprint density at radius 3 is 1.87 bits per heavy atom. The van der Waals surface area contributed by atoms with E-state index in [2.05, 4.69) is 39.4 Å². The molecule has 2 aliphatic rings. The number of aromatic amines is 1. The number of nitrogens with zero attached hydrogens (tertiary/aromatic N) is 2. The minimum absolute atomic E-state index is 0.0992. The first kappa shape index (κ1) is 28.7. The van der Waals surface area contributed by atoms with E-state index in [0.29, 0.717) is 11.8 Å². The number of nitrogens with two attached hydrogens (primary N) is 2. The molecule has 39 heavy (non-hydrogen) atoms. The van der Waals surface area contributed by atoms with E-state index in [1.54, 1.807) is 18.6 Å². The highest BCUT2D eigenvalue weighted by Crippen LogP contribution is 2.32. The lowest BCUT2D eigenvalue weighted by atomic mass is 9.79. The monoisotopic (exact) mass is 533 g/mol. The summed E-state index contributed by atoms with van der Waals surface area (Å²) in [6.45, 7) is 4.12. The maximum atomic E-state index is 12.4. The van der Waals surface area contributed by atoms with E-state index in [-0.39, 0.29) is 35.7 Å². The van der Waals surface area contributed by atoms with Crippen molar-refractivity contribution in [1.82, 2.24) is 15.0 Å². The molecular weight excluding hydrogens is 490 g/mol. The molecule has 2 saturated carbocycles. The van der Waals surface area contributed by atoms with Gasteiger partial charge < -0.3 is 27.1 Å². The van der Waals surface area contributed by atoms with Gasteiger partial charge in [-0.1, -0.05) is 0 Å². The van der Waals surface area contributed by atoms with Crippen molar-refractivity contribution in [1.29, 1.82) is 0 Å². The van der Waals surface area contributed by atoms with Gasteiger partial charge in [0.15, 0.2) is 0 Å². The van der Waals surface area contributed by atoms with Crippen LogP contribution in [0, 0.1) is 23.7 Å². The summed E-state index contributed by atoms with van der Waals surface area (Å²) in [5.41, 5.74) is 14.3. The highest BCUT2D eigenvalue weighted by Gasteiger charge is 2.29. The fourth-order valence-electron chi connectivity index (χ4n) is 5.80. The zero-order valence-electron chi connectivity index (χ0n) is 23.1. The van der Waals surface area contributed by atoms with Gasteiger partial charge in [-0.3, -0.25) is 14.6 Å². The fraction of sp³-hybridized carbons (Fsp3) is 0.533. The predicted octanol–water partition coefficient (Wildman–Crippen LogP) is 4.83. The lowest BCUT2D eigenvalue weighted by molar-refractivity contribution is -0.121. The first-order chi connectivity index (χ1) is 18.8. The topological polar surface area (TPSA) is 152 Å². The van der Waals surface area contributed by atoms with Gasteiger partial charge in [0.05, 0.1) is 5.69 Å². The van der Waals surface area contributed by atoms with E-state index in [9.17, 15) is 9.59 Å². The number of pyridine rings is 2. The molecule has 7 N–H and O–H groups in total. The van der Waals surface area contributed by atoms with Crippen molar-refractivity contribution in [2.24, 2.45) is 35.1 Å². The Bertz CT molecular complexity index is 1190. The van der Waals surface area contributed by atoms with Crippen LogP contribution in [0.4, 0.5) is 11.4 Å². The molecule has 2 amide bonds. The molecule has 0 radical (unpaired) electrons. The minimum Gasteiger partial charge on any atom is -0.346 e. The molecule has 0 saturated heterocycles. The molecule has 3 aromatic heterocycles. The van der Waals surface area contributed by atoms with Gasteiger partial charge in [-0.25, -0.2) is 4.98 Å². The quantitative estimate of drug-likeness (QED) is 0.306. The number of H-pyrrole nitrogens is 1. The minimum atomic E-state index is 0.0992. The predicted molar refractivity (Wildman–Crippen MR) is 156 cm³/mol. The largest absolute Gasteiger partial charge is 0.346 e. The zero-order chi connectivity index (χ0) is 27.8. The second-order valence-corrected chi connectivity index (χ2v) is 11.3. The Balaban J connectivity index is 0.000000183. The zero-order valence-corrected chi connectivity index (χ0v) is 23.1. The average molecular weight is 534 g/mol. The van der Waals surface area contributed by atoms with Crippen molar-refractivity contribution < 1.29 is 9.59 Å². The van der Waals surface area contributed by atoms with E-state index in [4.69, 9.17) is 11.5 Å². The number of fused-ring (bicyclic) bond motifs is 1. The molecule has 2 unspecified atom stereocenters. The van der Waals surface area contributed by atoms with Crippen LogP contribution in [-0.2, 0) is 9.59 Å². The number of carbonyl (C=O) groups is 2. The molecule has 3 aromatic rings. The molecule has 3 heterocycles. The lowest BCUT2D eigenvalue weighted by Gasteiger charge is -2.30. The Morgan fingerprint density at radius 2 is 1.33 bits per heavy atom. The van der Waals surface area contributed by atoms with Crippen LogP contribution in [-0.4, -0.2) is 38.8 Å². The molecular formula is C30H43N7O2. The van der Waals surface area contributed by atoms with Crippen LogP contribution < -0.4 is 22.1 Å². The van der Waals surface area contributed by atoms with E-state index < -0.39 is 0 Å². The molecule has 9 nitrogen and oxygen atoms in total. The second-order valence-electron chi connectivity index (χ2n) is 11.3. The number of amides is 2. The molecule has 2 atom stereocenters. The highest BCUT2D eigenvalue weighted by molar-refractivity contribution is 6.01. The maximum Gasteiger partial charge on any atom is 0.227 e. The Hall–Kier alpha value is -3.30. The summed E-state index contributed by atoms with van der Waals surface area (Å²) >= 11 is 0. The van der Waals surface area contributed by atoms with Crippen LogP contribution in [0.2, 0.25) is 0 Å². The lowest BCUT2D eigenvalue weighted by Crippen LogP contribution is -2.33. The van der Waals surface area contributed by atoms with Gasteiger partial charge in [-0.2, -0.15) is 0 Å². The van der Waals surface area contributed by atoms with Crippen molar-refractivity contribution in [2.45, 2.75) is 77.3 Å². The summed E-state index contributed by atoms with van der Waals surface area (Å²) in [5, 5.41) is 6.95. The van der Waals surface area contributed by atoms with Crippen molar-refractivity contribution >= 4 is 34.2 Å². The van der Waals surface area contributed by atoms with Crippen molar-refractivity contribution in [3.8, 4) is 0 Å². The van der Waals surface area contributed by atoms with Gasteiger partial charge >= 0.3 is 0 Å². The van der Waals surface area contributed by atoms with Crippen molar-refractivity contribution in [3.05, 3.63) is 49.1 Å². The van der Waals surface area contributed by atoms with E-state index in [1.165, 1.54) is 0 Å². The van der Waals surface area contributed by atoms with Gasteiger partial charge in [-0.15, -0.1) is 0 Å². The Labute approximate surface area is 230 Å². The van der Waals surface area contributed by atoms with Crippen LogP contribution in [0.5, 0.6) is 0 Å². The summed E-state index contributed by atoms with van der Waals surface area (Å²) in [6, 6.07) is 7.88. The van der Waals surface area contributed by atoms with E-state index in [1.807, 2.05) is 30.5 Å². The van der Waals surface area contributed by atoms with Crippen LogP contribution in [0.15, 0.2) is 49.1 Å². The first-order valence-electron chi connectivity index (χ1n) is 14.3. The van der Waals surface area contributed by atoms with E-state index in [0.717, 1.165) is 73.8 Å². The van der Waals surface area contributed by atoms with Gasteiger partial charge in [0, 0.05) is 59.8 Å². The molecule has 210 valence electrons. The number of hydrogen-bond acceptors (Lipinski definition) is 6. The maximum absolute atomic E-state index is 12.4. The van der Waals surface area contributed by atoms with Crippen LogP contribution in [0.1, 0.15) is 65.2 Å². The SMILES string of the molecule is CC(N)[C@H]1CC[C@H](C(=O)Nc2ccnc3[nH]ccc23)CC1.CC(N)[C@H]1CC[C@H](C(=O)Nc2ccncc2)CC1. The summed E-state index contributed by atoms with van der Waals surface area (Å²) in [4.78, 5) is 35.7. The van der Waals surface area contributed by atoms with Crippen LogP contribution in [0.3, 0.4) is 0 Å². The second kappa shape index (κ2) is 13.7. The van der Waals surface area contributed by atoms with Gasteiger partial charge in [0.2, 0.25) is 11.8 Å². The van der Waals surface area contributed by atoms with Gasteiger partial charge in [0.25, 0.3) is 0 Å². The first-order valence-corrected chi connectivity index (χ1v) is 14.3. The number of rotatable bonds is 6. The Morgan fingerprint density at radius 1 is 0.795 bits per heavy atom. The number of hydrogen-bond donors (Lipinski definition) is 5. The van der Waals surface area contributed by atoms with Crippen LogP contribution >= 0.6 is 0 Å². The summed E-state index contributed by atoms with van der Waals surface area (Å²) in [5.74, 6) is 1.62. The molecule has 0 aliphatic heterocycles. The molecule has 5 rings (SSSR count). The van der Waals surface area contributed by atoms with Crippen molar-refractivity contribution in [2.75, 3.05) is 10.6 Å². The van der Waals surface area contributed by atoms with Crippen molar-refractivity contribution in [3.63, 3.8) is 0 Å². The number of aromatic nitrogens is 3. The summed E-state index contributed by atoms with van der Waals surface area (Å²) in [6.07, 6.45) is 14.9. The van der Waals surface area contributed by atoms with Crippen LogP contribution in [0.25, 0.3) is 11.0 Å².